The van der Waals surface area contributed by atoms with Crippen LogP contribution in [-0.2, 0) is 22.6 Å². The average Bonchev–Trinajstić information content (AvgIpc) is 2.64. The van der Waals surface area contributed by atoms with Crippen molar-refractivity contribution < 1.29 is 19.8 Å². The number of benzene rings is 1. The van der Waals surface area contributed by atoms with E-state index < -0.39 is 12.1 Å². The molecule has 1 unspecified atom stereocenters. The Bertz CT molecular complexity index is 515. The summed E-state index contributed by atoms with van der Waals surface area (Å²) in [5, 5.41) is 18.2. The highest BCUT2D eigenvalue weighted by Crippen LogP contribution is 2.29. The average molecular weight is 264 g/mol. The third kappa shape index (κ3) is 2.91. The molecule has 1 aromatic carbocycles. The van der Waals surface area contributed by atoms with Crippen molar-refractivity contribution >= 4 is 17.6 Å². The van der Waals surface area contributed by atoms with Crippen LogP contribution in [0, 0.1) is 0 Å². The van der Waals surface area contributed by atoms with Crippen LogP contribution in [0.2, 0.25) is 0 Å². The molecule has 0 aliphatic carbocycles. The summed E-state index contributed by atoms with van der Waals surface area (Å²) in [7, 11) is 0. The van der Waals surface area contributed by atoms with E-state index in [0.717, 1.165) is 16.8 Å². The van der Waals surface area contributed by atoms with Crippen molar-refractivity contribution in [1.29, 1.82) is 0 Å². The lowest BCUT2D eigenvalue weighted by Gasteiger charge is -2.20. The predicted molar refractivity (Wildman–Crippen MR) is 68.7 cm³/mol. The summed E-state index contributed by atoms with van der Waals surface area (Å²) < 4.78 is 0. The lowest BCUT2D eigenvalue weighted by Crippen LogP contribution is -2.35. The predicted octanol–water partition coefficient (Wildman–Crippen LogP) is -0.130. The topological polar surface area (TPSA) is 104 Å². The summed E-state index contributed by atoms with van der Waals surface area (Å²) in [4.78, 5) is 23.8. The Hall–Kier alpha value is -1.92. The fourth-order valence-corrected chi connectivity index (χ4v) is 2.24. The molecule has 6 nitrogen and oxygen atoms in total. The van der Waals surface area contributed by atoms with E-state index in [1.54, 1.807) is 6.07 Å². The van der Waals surface area contributed by atoms with E-state index in [0.29, 0.717) is 6.54 Å². The third-order valence-corrected chi connectivity index (χ3v) is 3.12. The van der Waals surface area contributed by atoms with E-state index >= 15 is 0 Å². The number of carboxylic acids is 1. The number of β-amino-alcohol motifs (C(OH)–C–C–N with tert-alkyl or cyclic N) is 1. The molecular formula is C13H16N2O4. The highest BCUT2D eigenvalue weighted by atomic mass is 16.4. The van der Waals surface area contributed by atoms with Crippen LogP contribution in [0.5, 0.6) is 0 Å². The van der Waals surface area contributed by atoms with Crippen molar-refractivity contribution in [2.75, 3.05) is 11.4 Å². The van der Waals surface area contributed by atoms with Gasteiger partial charge in [0.1, 0.15) is 0 Å². The number of rotatable bonds is 5. The largest absolute Gasteiger partial charge is 0.481 e. The standard InChI is InChI=1S/C13H16N2O4/c14-6-8-1-2-11-9(3-8)4-12(17)15(11)7-10(16)5-13(18)19/h1-3,10,16H,4-7,14H2,(H,18,19). The number of aliphatic hydroxyl groups excluding tert-OH is 1. The Balaban J connectivity index is 2.16. The summed E-state index contributed by atoms with van der Waals surface area (Å²) in [6.45, 7) is 0.406. The first kappa shape index (κ1) is 13.5. The fraction of sp³-hybridized carbons (Fsp3) is 0.385. The summed E-state index contributed by atoms with van der Waals surface area (Å²) in [6.07, 6.45) is -1.18. The van der Waals surface area contributed by atoms with Gasteiger partial charge in [0.2, 0.25) is 5.91 Å². The smallest absolute Gasteiger partial charge is 0.306 e. The Kier molecular flexibility index (Phi) is 3.82. The monoisotopic (exact) mass is 264 g/mol. The minimum atomic E-state index is -1.09. The molecule has 0 fully saturated rings. The number of nitrogens with zero attached hydrogens (tertiary/aromatic N) is 1. The van der Waals surface area contributed by atoms with E-state index in [1.165, 1.54) is 4.90 Å². The molecular weight excluding hydrogens is 248 g/mol. The van der Waals surface area contributed by atoms with Gasteiger partial charge in [0.25, 0.3) is 0 Å². The van der Waals surface area contributed by atoms with Crippen molar-refractivity contribution in [2.45, 2.75) is 25.5 Å². The van der Waals surface area contributed by atoms with Gasteiger partial charge in [0.05, 0.1) is 25.5 Å². The molecule has 19 heavy (non-hydrogen) atoms. The molecule has 1 aliphatic rings. The lowest BCUT2D eigenvalue weighted by atomic mass is 10.1. The first-order valence-corrected chi connectivity index (χ1v) is 6.03. The first-order valence-electron chi connectivity index (χ1n) is 6.03. The first-order chi connectivity index (χ1) is 9.01. The molecule has 0 aromatic heterocycles. The Morgan fingerprint density at radius 2 is 2.21 bits per heavy atom. The number of hydrogen-bond acceptors (Lipinski definition) is 4. The van der Waals surface area contributed by atoms with Gasteiger partial charge in [-0.25, -0.2) is 0 Å². The Morgan fingerprint density at radius 1 is 1.47 bits per heavy atom. The maximum atomic E-state index is 11.9. The highest BCUT2D eigenvalue weighted by Gasteiger charge is 2.29. The number of aliphatic hydroxyl groups is 1. The van der Waals surface area contributed by atoms with Crippen LogP contribution in [0.25, 0.3) is 0 Å². The lowest BCUT2D eigenvalue weighted by molar-refractivity contribution is -0.139. The molecule has 1 amide bonds. The highest BCUT2D eigenvalue weighted by molar-refractivity contribution is 6.01. The molecule has 0 saturated heterocycles. The van der Waals surface area contributed by atoms with Crippen LogP contribution in [0.3, 0.4) is 0 Å². The molecule has 1 heterocycles. The Morgan fingerprint density at radius 3 is 2.84 bits per heavy atom. The molecule has 4 N–H and O–H groups in total. The maximum absolute atomic E-state index is 11.9. The zero-order chi connectivity index (χ0) is 14.0. The second kappa shape index (κ2) is 5.38. The summed E-state index contributed by atoms with van der Waals surface area (Å²) in [6, 6.07) is 5.49. The number of carbonyl (C=O) groups is 2. The van der Waals surface area contributed by atoms with E-state index in [-0.39, 0.29) is 25.3 Å². The number of anilines is 1. The van der Waals surface area contributed by atoms with Crippen molar-refractivity contribution in [3.8, 4) is 0 Å². The van der Waals surface area contributed by atoms with E-state index in [9.17, 15) is 14.7 Å². The third-order valence-electron chi connectivity index (χ3n) is 3.12. The Labute approximate surface area is 110 Å². The minimum Gasteiger partial charge on any atom is -0.481 e. The zero-order valence-electron chi connectivity index (χ0n) is 10.4. The molecule has 102 valence electrons. The SMILES string of the molecule is NCc1ccc2c(c1)CC(=O)N2CC(O)CC(=O)O. The number of carbonyl (C=O) groups excluding carboxylic acids is 1. The van der Waals surface area contributed by atoms with E-state index in [4.69, 9.17) is 10.8 Å². The van der Waals surface area contributed by atoms with Gasteiger partial charge in [0.15, 0.2) is 0 Å². The quantitative estimate of drug-likeness (QED) is 0.687. The minimum absolute atomic E-state index is 0.000104. The second-order valence-electron chi connectivity index (χ2n) is 4.60. The number of nitrogens with two attached hydrogens (primary N) is 1. The van der Waals surface area contributed by atoms with Crippen LogP contribution >= 0.6 is 0 Å². The van der Waals surface area contributed by atoms with Crippen molar-refractivity contribution in [3.05, 3.63) is 29.3 Å². The van der Waals surface area contributed by atoms with Gasteiger partial charge < -0.3 is 20.8 Å². The van der Waals surface area contributed by atoms with Gasteiger partial charge in [-0.3, -0.25) is 9.59 Å². The van der Waals surface area contributed by atoms with Gasteiger partial charge in [-0.1, -0.05) is 12.1 Å². The molecule has 1 atom stereocenters. The molecule has 0 radical (unpaired) electrons. The normalized spacial score (nSPS) is 15.5. The maximum Gasteiger partial charge on any atom is 0.306 e. The molecule has 0 spiro atoms. The van der Waals surface area contributed by atoms with Gasteiger partial charge in [-0.2, -0.15) is 0 Å². The fourth-order valence-electron chi connectivity index (χ4n) is 2.24. The molecule has 6 heteroatoms. The van der Waals surface area contributed by atoms with Crippen LogP contribution in [0.4, 0.5) is 5.69 Å². The number of amides is 1. The van der Waals surface area contributed by atoms with Crippen LogP contribution < -0.4 is 10.6 Å². The number of aliphatic carboxylic acids is 1. The summed E-state index contributed by atoms with van der Waals surface area (Å²) in [5.74, 6) is -1.22. The van der Waals surface area contributed by atoms with E-state index in [2.05, 4.69) is 0 Å². The molecule has 2 rings (SSSR count). The van der Waals surface area contributed by atoms with Gasteiger partial charge in [-0.15, -0.1) is 0 Å². The van der Waals surface area contributed by atoms with Crippen LogP contribution in [0.1, 0.15) is 17.5 Å². The van der Waals surface area contributed by atoms with Crippen molar-refractivity contribution in [2.24, 2.45) is 5.73 Å². The van der Waals surface area contributed by atoms with Crippen LogP contribution in [-0.4, -0.2) is 34.7 Å². The molecule has 0 bridgehead atoms. The molecule has 1 aliphatic heterocycles. The number of hydrogen-bond donors (Lipinski definition) is 3. The number of carboxylic acid groups (broad SMARTS) is 1. The van der Waals surface area contributed by atoms with E-state index in [1.807, 2.05) is 12.1 Å². The molecule has 1 aromatic rings. The summed E-state index contributed by atoms with van der Waals surface area (Å²) >= 11 is 0. The van der Waals surface area contributed by atoms with Crippen molar-refractivity contribution in [3.63, 3.8) is 0 Å². The van der Waals surface area contributed by atoms with Gasteiger partial charge in [0, 0.05) is 12.2 Å². The number of fused-ring (bicyclic) bond motifs is 1. The van der Waals surface area contributed by atoms with Gasteiger partial charge in [-0.05, 0) is 17.2 Å². The summed E-state index contributed by atoms with van der Waals surface area (Å²) in [5.41, 5.74) is 8.09. The molecule has 0 saturated carbocycles. The second-order valence-corrected chi connectivity index (χ2v) is 4.60. The zero-order valence-corrected chi connectivity index (χ0v) is 10.4. The van der Waals surface area contributed by atoms with Crippen molar-refractivity contribution in [1.82, 2.24) is 0 Å². The van der Waals surface area contributed by atoms with Gasteiger partial charge >= 0.3 is 5.97 Å². The van der Waals surface area contributed by atoms with Crippen LogP contribution in [0.15, 0.2) is 18.2 Å².